The van der Waals surface area contributed by atoms with Gasteiger partial charge in [0.15, 0.2) is 6.29 Å². The van der Waals surface area contributed by atoms with Crippen LogP contribution in [0, 0.1) is 0 Å². The first-order valence-electron chi connectivity index (χ1n) is 4.45. The molecule has 0 saturated heterocycles. The van der Waals surface area contributed by atoms with Crippen LogP contribution in [0.25, 0.3) is 11.3 Å². The Hall–Kier alpha value is -1.42. The van der Waals surface area contributed by atoms with E-state index in [2.05, 4.69) is 20.9 Å². The highest BCUT2D eigenvalue weighted by Gasteiger charge is 2.10. The lowest BCUT2D eigenvalue weighted by Gasteiger charge is -2.03. The molecule has 1 aromatic carbocycles. The molecule has 1 heterocycles. The van der Waals surface area contributed by atoms with Gasteiger partial charge in [-0.15, -0.1) is 0 Å². The molecule has 3 nitrogen and oxygen atoms in total. The summed E-state index contributed by atoms with van der Waals surface area (Å²) in [4.78, 5) is 14.8. The van der Waals surface area contributed by atoms with E-state index in [1.807, 2.05) is 35.9 Å². The number of aromatic nitrogens is 2. The van der Waals surface area contributed by atoms with E-state index in [9.17, 15) is 4.79 Å². The third-order valence-corrected chi connectivity index (χ3v) is 2.67. The first-order valence-corrected chi connectivity index (χ1v) is 5.24. The molecule has 0 fully saturated rings. The Morgan fingerprint density at radius 1 is 1.47 bits per heavy atom. The second-order valence-electron chi connectivity index (χ2n) is 3.22. The average molecular weight is 265 g/mol. The maximum Gasteiger partial charge on any atom is 0.170 e. The van der Waals surface area contributed by atoms with Crippen molar-refractivity contribution < 1.29 is 4.79 Å². The van der Waals surface area contributed by atoms with Gasteiger partial charge in [0, 0.05) is 17.1 Å². The highest BCUT2D eigenvalue weighted by molar-refractivity contribution is 9.10. The molecule has 0 amide bonds. The lowest BCUT2D eigenvalue weighted by molar-refractivity contribution is 0.112. The van der Waals surface area contributed by atoms with Gasteiger partial charge in [-0.2, -0.15) is 0 Å². The summed E-state index contributed by atoms with van der Waals surface area (Å²) in [5.74, 6) is 0. The molecular formula is C11H9BrN2O. The van der Waals surface area contributed by atoms with Crippen LogP contribution in [0.2, 0.25) is 0 Å². The van der Waals surface area contributed by atoms with E-state index in [1.165, 1.54) is 0 Å². The van der Waals surface area contributed by atoms with Crippen molar-refractivity contribution in [3.63, 3.8) is 0 Å². The standard InChI is InChI=1S/C11H9BrN2O/c1-14-7-13-10(6-15)11(14)8-3-2-4-9(12)5-8/h2-7H,1H3. The fraction of sp³-hybridized carbons (Fsp3) is 0.0909. The van der Waals surface area contributed by atoms with Crippen molar-refractivity contribution in [3.05, 3.63) is 40.8 Å². The fourth-order valence-corrected chi connectivity index (χ4v) is 1.92. The second-order valence-corrected chi connectivity index (χ2v) is 4.13. The molecule has 15 heavy (non-hydrogen) atoms. The summed E-state index contributed by atoms with van der Waals surface area (Å²) in [6.07, 6.45) is 2.41. The summed E-state index contributed by atoms with van der Waals surface area (Å²) in [5, 5.41) is 0. The van der Waals surface area contributed by atoms with Crippen molar-refractivity contribution in [1.29, 1.82) is 0 Å². The second kappa shape index (κ2) is 3.98. The zero-order valence-electron chi connectivity index (χ0n) is 8.14. The van der Waals surface area contributed by atoms with Gasteiger partial charge >= 0.3 is 0 Å². The van der Waals surface area contributed by atoms with E-state index in [1.54, 1.807) is 6.33 Å². The maximum atomic E-state index is 10.8. The number of nitrogens with zero attached hydrogens (tertiary/aromatic N) is 2. The van der Waals surface area contributed by atoms with Crippen molar-refractivity contribution in [2.45, 2.75) is 0 Å². The molecule has 0 bridgehead atoms. The molecule has 0 unspecified atom stereocenters. The van der Waals surface area contributed by atoms with E-state index in [-0.39, 0.29) is 0 Å². The summed E-state index contributed by atoms with van der Waals surface area (Å²) in [6, 6.07) is 7.79. The molecule has 0 N–H and O–H groups in total. The quantitative estimate of drug-likeness (QED) is 0.782. The van der Waals surface area contributed by atoms with Crippen LogP contribution in [-0.4, -0.2) is 15.8 Å². The Kier molecular flexibility index (Phi) is 2.68. The van der Waals surface area contributed by atoms with Crippen molar-refractivity contribution in [2.24, 2.45) is 7.05 Å². The van der Waals surface area contributed by atoms with Crippen molar-refractivity contribution in [1.82, 2.24) is 9.55 Å². The minimum absolute atomic E-state index is 0.468. The first-order chi connectivity index (χ1) is 7.22. The first kappa shape index (κ1) is 10.1. The Bertz CT molecular complexity index is 505. The van der Waals surface area contributed by atoms with E-state index < -0.39 is 0 Å². The number of benzene rings is 1. The summed E-state index contributed by atoms with van der Waals surface area (Å²) >= 11 is 3.40. The SMILES string of the molecule is Cn1cnc(C=O)c1-c1cccc(Br)c1. The van der Waals surface area contributed by atoms with E-state index >= 15 is 0 Å². The minimum atomic E-state index is 0.468. The molecule has 0 aliphatic rings. The lowest BCUT2D eigenvalue weighted by atomic mass is 10.1. The predicted molar refractivity (Wildman–Crippen MR) is 61.7 cm³/mol. The van der Waals surface area contributed by atoms with Crippen molar-refractivity contribution in [3.8, 4) is 11.3 Å². The number of halogens is 1. The number of aryl methyl sites for hydroxylation is 1. The zero-order chi connectivity index (χ0) is 10.8. The fourth-order valence-electron chi connectivity index (χ4n) is 1.52. The topological polar surface area (TPSA) is 34.9 Å². The highest BCUT2D eigenvalue weighted by Crippen LogP contribution is 2.24. The van der Waals surface area contributed by atoms with Crippen LogP contribution in [0.15, 0.2) is 35.1 Å². The van der Waals surface area contributed by atoms with Crippen LogP contribution < -0.4 is 0 Å². The van der Waals surface area contributed by atoms with Gasteiger partial charge in [0.1, 0.15) is 5.69 Å². The Morgan fingerprint density at radius 3 is 2.93 bits per heavy atom. The average Bonchev–Trinajstić information content (AvgIpc) is 2.59. The van der Waals surface area contributed by atoms with Gasteiger partial charge in [0.2, 0.25) is 0 Å². The van der Waals surface area contributed by atoms with Gasteiger partial charge < -0.3 is 4.57 Å². The molecule has 2 aromatic rings. The smallest absolute Gasteiger partial charge is 0.170 e. The normalized spacial score (nSPS) is 10.3. The molecule has 76 valence electrons. The Morgan fingerprint density at radius 2 is 2.27 bits per heavy atom. The third-order valence-electron chi connectivity index (χ3n) is 2.18. The van der Waals surface area contributed by atoms with Gasteiger partial charge in [-0.25, -0.2) is 4.98 Å². The molecule has 0 spiro atoms. The molecule has 0 atom stereocenters. The molecule has 0 aliphatic carbocycles. The number of imidazole rings is 1. The monoisotopic (exact) mass is 264 g/mol. The summed E-state index contributed by atoms with van der Waals surface area (Å²) in [7, 11) is 1.87. The maximum absolute atomic E-state index is 10.8. The number of carbonyl (C=O) groups excluding carboxylic acids is 1. The zero-order valence-corrected chi connectivity index (χ0v) is 9.73. The Labute approximate surface area is 95.9 Å². The number of aldehydes is 1. The lowest BCUT2D eigenvalue weighted by Crippen LogP contribution is -1.92. The van der Waals surface area contributed by atoms with Crippen molar-refractivity contribution >= 4 is 22.2 Å². The molecule has 0 radical (unpaired) electrons. The summed E-state index contributed by atoms with van der Waals surface area (Å²) < 4.78 is 2.82. The van der Waals surface area contributed by atoms with E-state index in [0.717, 1.165) is 22.0 Å². The Balaban J connectivity index is 2.62. The van der Waals surface area contributed by atoms with Crippen LogP contribution in [-0.2, 0) is 7.05 Å². The molecule has 0 aliphatic heterocycles. The molecule has 2 rings (SSSR count). The number of hydrogen-bond acceptors (Lipinski definition) is 2. The van der Waals surface area contributed by atoms with E-state index in [0.29, 0.717) is 5.69 Å². The van der Waals surface area contributed by atoms with Crippen LogP contribution in [0.5, 0.6) is 0 Å². The van der Waals surface area contributed by atoms with Crippen LogP contribution >= 0.6 is 15.9 Å². The van der Waals surface area contributed by atoms with Gasteiger partial charge in [-0.1, -0.05) is 28.1 Å². The summed E-state index contributed by atoms with van der Waals surface area (Å²) in [5.41, 5.74) is 2.29. The van der Waals surface area contributed by atoms with Gasteiger partial charge in [0.05, 0.1) is 12.0 Å². The van der Waals surface area contributed by atoms with Crippen LogP contribution in [0.3, 0.4) is 0 Å². The highest BCUT2D eigenvalue weighted by atomic mass is 79.9. The third kappa shape index (κ3) is 1.85. The van der Waals surface area contributed by atoms with E-state index in [4.69, 9.17) is 0 Å². The van der Waals surface area contributed by atoms with Gasteiger partial charge in [-0.3, -0.25) is 4.79 Å². The van der Waals surface area contributed by atoms with Gasteiger partial charge in [-0.05, 0) is 12.1 Å². The number of hydrogen-bond donors (Lipinski definition) is 0. The predicted octanol–water partition coefficient (Wildman–Crippen LogP) is 2.66. The largest absolute Gasteiger partial charge is 0.333 e. The summed E-state index contributed by atoms with van der Waals surface area (Å²) in [6.45, 7) is 0. The molecule has 0 saturated carbocycles. The molecule has 4 heteroatoms. The van der Waals surface area contributed by atoms with Crippen LogP contribution in [0.1, 0.15) is 10.5 Å². The van der Waals surface area contributed by atoms with Crippen molar-refractivity contribution in [2.75, 3.05) is 0 Å². The minimum Gasteiger partial charge on any atom is -0.333 e. The number of rotatable bonds is 2. The molecule has 1 aromatic heterocycles. The number of carbonyl (C=O) groups is 1. The molecular weight excluding hydrogens is 256 g/mol. The van der Waals surface area contributed by atoms with Crippen LogP contribution in [0.4, 0.5) is 0 Å². The van der Waals surface area contributed by atoms with Gasteiger partial charge in [0.25, 0.3) is 0 Å².